The van der Waals surface area contributed by atoms with Gasteiger partial charge in [-0.15, -0.1) is 11.3 Å². The molecule has 1 amide bonds. The van der Waals surface area contributed by atoms with E-state index in [2.05, 4.69) is 4.99 Å². The lowest BCUT2D eigenvalue weighted by atomic mass is 10.3. The lowest BCUT2D eigenvalue weighted by molar-refractivity contribution is -0.113. The minimum Gasteiger partial charge on any atom is -0.497 e. The van der Waals surface area contributed by atoms with Crippen molar-refractivity contribution in [2.45, 2.75) is 0 Å². The fourth-order valence-electron chi connectivity index (χ4n) is 2.02. The fraction of sp³-hybridized carbons (Fsp3) is 0.125. The summed E-state index contributed by atoms with van der Waals surface area (Å²) in [4.78, 5) is 17.9. The van der Waals surface area contributed by atoms with Gasteiger partial charge in [0.15, 0.2) is 4.80 Å². The van der Waals surface area contributed by atoms with Crippen LogP contribution in [0.15, 0.2) is 46.8 Å². The van der Waals surface area contributed by atoms with Gasteiger partial charge < -0.3 is 9.30 Å². The van der Waals surface area contributed by atoms with Crippen LogP contribution in [0.1, 0.15) is 4.88 Å². The smallest absolute Gasteiger partial charge is 0.272 e. The Morgan fingerprint density at radius 2 is 2.23 bits per heavy atom. The van der Waals surface area contributed by atoms with E-state index in [-0.39, 0.29) is 5.91 Å². The van der Waals surface area contributed by atoms with Crippen molar-refractivity contribution < 1.29 is 9.53 Å². The van der Waals surface area contributed by atoms with Crippen LogP contribution in [0.4, 0.5) is 0 Å². The molecule has 6 heteroatoms. The average molecular weight is 330 g/mol. The predicted octanol–water partition coefficient (Wildman–Crippen LogP) is 3.45. The van der Waals surface area contributed by atoms with Crippen molar-refractivity contribution in [3.8, 4) is 5.75 Å². The lowest BCUT2D eigenvalue weighted by Crippen LogP contribution is -2.12. The maximum Gasteiger partial charge on any atom is 0.272 e. The molecule has 0 radical (unpaired) electrons. The number of fused-ring (bicyclic) bond motifs is 1. The molecule has 0 aliphatic heterocycles. The van der Waals surface area contributed by atoms with E-state index in [9.17, 15) is 4.79 Å². The molecule has 112 valence electrons. The Balaban J connectivity index is 1.95. The summed E-state index contributed by atoms with van der Waals surface area (Å²) in [6, 6.07) is 9.73. The van der Waals surface area contributed by atoms with Crippen LogP contribution in [-0.4, -0.2) is 17.6 Å². The van der Waals surface area contributed by atoms with Gasteiger partial charge >= 0.3 is 0 Å². The molecule has 3 rings (SSSR count). The highest BCUT2D eigenvalue weighted by molar-refractivity contribution is 7.16. The SMILES string of the molecule is COc1ccc2c(c1)sc(=NC(=O)C=Cc1cccs1)n2C. The number of aryl methyl sites for hydroxylation is 1. The van der Waals surface area contributed by atoms with Crippen molar-refractivity contribution in [2.75, 3.05) is 7.11 Å². The number of carbonyl (C=O) groups excluding carboxylic acids is 1. The van der Waals surface area contributed by atoms with Gasteiger partial charge in [-0.2, -0.15) is 4.99 Å². The predicted molar refractivity (Wildman–Crippen MR) is 91.3 cm³/mol. The van der Waals surface area contributed by atoms with Gasteiger partial charge in [-0.25, -0.2) is 0 Å². The molecular formula is C16H14N2O2S2. The summed E-state index contributed by atoms with van der Waals surface area (Å²) in [5.74, 6) is 0.535. The van der Waals surface area contributed by atoms with Crippen molar-refractivity contribution >= 4 is 44.9 Å². The van der Waals surface area contributed by atoms with Crippen LogP contribution < -0.4 is 9.54 Å². The first-order valence-electron chi connectivity index (χ1n) is 6.61. The summed E-state index contributed by atoms with van der Waals surface area (Å²) in [5.41, 5.74) is 1.03. The zero-order valence-electron chi connectivity index (χ0n) is 12.1. The number of thiazole rings is 1. The number of amides is 1. The molecule has 0 saturated carbocycles. The zero-order chi connectivity index (χ0) is 15.5. The van der Waals surface area contributed by atoms with E-state index >= 15 is 0 Å². The number of rotatable bonds is 3. The van der Waals surface area contributed by atoms with E-state index in [0.29, 0.717) is 4.80 Å². The first-order chi connectivity index (χ1) is 10.7. The topological polar surface area (TPSA) is 43.6 Å². The third-order valence-electron chi connectivity index (χ3n) is 3.16. The molecule has 0 aliphatic carbocycles. The molecule has 0 unspecified atom stereocenters. The van der Waals surface area contributed by atoms with Crippen LogP contribution in [0.5, 0.6) is 5.75 Å². The second-order valence-corrected chi connectivity index (χ2v) is 6.56. The van der Waals surface area contributed by atoms with Crippen LogP contribution in [0.25, 0.3) is 16.3 Å². The average Bonchev–Trinajstić information content (AvgIpc) is 3.14. The van der Waals surface area contributed by atoms with E-state index in [4.69, 9.17) is 4.74 Å². The number of ether oxygens (including phenoxy) is 1. The Labute approximate surface area is 135 Å². The molecule has 0 aliphatic rings. The highest BCUT2D eigenvalue weighted by Crippen LogP contribution is 2.22. The van der Waals surface area contributed by atoms with E-state index < -0.39 is 0 Å². The minimum absolute atomic E-state index is 0.262. The van der Waals surface area contributed by atoms with Gasteiger partial charge in [0.05, 0.1) is 17.3 Å². The molecule has 2 aromatic heterocycles. The molecule has 0 N–H and O–H groups in total. The normalized spacial score (nSPS) is 12.4. The Morgan fingerprint density at radius 1 is 1.36 bits per heavy atom. The van der Waals surface area contributed by atoms with Gasteiger partial charge in [-0.05, 0) is 35.7 Å². The van der Waals surface area contributed by atoms with Gasteiger partial charge in [0.1, 0.15) is 5.75 Å². The van der Waals surface area contributed by atoms with E-state index in [1.165, 1.54) is 17.4 Å². The fourth-order valence-corrected chi connectivity index (χ4v) is 3.69. The van der Waals surface area contributed by atoms with Crippen molar-refractivity contribution in [2.24, 2.45) is 12.0 Å². The number of methoxy groups -OCH3 is 1. The Morgan fingerprint density at radius 3 is 2.95 bits per heavy atom. The maximum atomic E-state index is 12.0. The number of aromatic nitrogens is 1. The van der Waals surface area contributed by atoms with Crippen LogP contribution in [0.2, 0.25) is 0 Å². The molecule has 0 fully saturated rings. The van der Waals surface area contributed by atoms with Gasteiger partial charge in [0.2, 0.25) is 0 Å². The molecule has 0 bridgehead atoms. The highest BCUT2D eigenvalue weighted by Gasteiger charge is 2.05. The Hall–Kier alpha value is -2.18. The lowest BCUT2D eigenvalue weighted by Gasteiger charge is -1.99. The molecule has 0 spiro atoms. The molecule has 0 saturated heterocycles. The monoisotopic (exact) mass is 330 g/mol. The van der Waals surface area contributed by atoms with Crippen LogP contribution in [0, 0.1) is 0 Å². The number of hydrogen-bond acceptors (Lipinski definition) is 4. The van der Waals surface area contributed by atoms with Crippen LogP contribution >= 0.6 is 22.7 Å². The number of thiophene rings is 1. The standard InChI is InChI=1S/C16H14N2O2S2/c1-18-13-7-5-11(20-2)10-14(13)22-16(18)17-15(19)8-6-12-4-3-9-21-12/h3-10H,1-2H3. The zero-order valence-corrected chi connectivity index (χ0v) is 13.8. The minimum atomic E-state index is -0.262. The Kier molecular flexibility index (Phi) is 4.22. The highest BCUT2D eigenvalue weighted by atomic mass is 32.1. The number of carbonyl (C=O) groups is 1. The van der Waals surface area contributed by atoms with Gasteiger partial charge in [0, 0.05) is 18.0 Å². The molecule has 1 aromatic carbocycles. The summed E-state index contributed by atoms with van der Waals surface area (Å²) in [5, 5.41) is 1.97. The first-order valence-corrected chi connectivity index (χ1v) is 8.31. The molecule has 0 atom stereocenters. The first kappa shape index (κ1) is 14.7. The maximum absolute atomic E-state index is 12.0. The second-order valence-electron chi connectivity index (χ2n) is 4.58. The van der Waals surface area contributed by atoms with Crippen molar-refractivity contribution in [3.05, 3.63) is 51.5 Å². The summed E-state index contributed by atoms with van der Waals surface area (Å²) < 4.78 is 8.17. The largest absolute Gasteiger partial charge is 0.497 e. The van der Waals surface area contributed by atoms with Crippen LogP contribution in [-0.2, 0) is 11.8 Å². The number of benzene rings is 1. The van der Waals surface area contributed by atoms with E-state index in [0.717, 1.165) is 20.8 Å². The molecule has 4 nitrogen and oxygen atoms in total. The quantitative estimate of drug-likeness (QED) is 0.690. The second kappa shape index (κ2) is 6.29. The van der Waals surface area contributed by atoms with Gasteiger partial charge in [-0.1, -0.05) is 17.4 Å². The number of nitrogens with zero attached hydrogens (tertiary/aromatic N) is 2. The summed E-state index contributed by atoms with van der Waals surface area (Å²) in [6.07, 6.45) is 3.28. The third-order valence-corrected chi connectivity index (χ3v) is 5.09. The van der Waals surface area contributed by atoms with Gasteiger partial charge in [0.25, 0.3) is 5.91 Å². The molecule has 2 heterocycles. The van der Waals surface area contributed by atoms with Crippen molar-refractivity contribution in [3.63, 3.8) is 0 Å². The summed E-state index contributed by atoms with van der Waals surface area (Å²) >= 11 is 3.05. The van der Waals surface area contributed by atoms with Crippen molar-refractivity contribution in [1.82, 2.24) is 4.57 Å². The molecule has 3 aromatic rings. The van der Waals surface area contributed by atoms with E-state index in [1.807, 2.05) is 47.3 Å². The Bertz CT molecular complexity index is 902. The van der Waals surface area contributed by atoms with Crippen LogP contribution in [0.3, 0.4) is 0 Å². The molecular weight excluding hydrogens is 316 g/mol. The summed E-state index contributed by atoms with van der Waals surface area (Å²) in [7, 11) is 3.54. The van der Waals surface area contributed by atoms with E-state index in [1.54, 1.807) is 24.5 Å². The summed E-state index contributed by atoms with van der Waals surface area (Å²) in [6.45, 7) is 0. The third kappa shape index (κ3) is 3.03. The van der Waals surface area contributed by atoms with Crippen molar-refractivity contribution in [1.29, 1.82) is 0 Å². The molecule has 22 heavy (non-hydrogen) atoms. The number of hydrogen-bond donors (Lipinski definition) is 0. The van der Waals surface area contributed by atoms with Gasteiger partial charge in [-0.3, -0.25) is 4.79 Å².